The zero-order chi connectivity index (χ0) is 33.2. The van der Waals surface area contributed by atoms with Crippen LogP contribution >= 0.6 is 0 Å². The summed E-state index contributed by atoms with van der Waals surface area (Å²) in [5.41, 5.74) is 13.1. The van der Waals surface area contributed by atoms with E-state index >= 15 is 0 Å². The molecule has 0 radical (unpaired) electrons. The highest BCUT2D eigenvalue weighted by molar-refractivity contribution is 6.29. The van der Waals surface area contributed by atoms with E-state index in [1.54, 1.807) is 0 Å². The summed E-state index contributed by atoms with van der Waals surface area (Å²) in [5.74, 6) is 0.602. The number of aryl methyl sites for hydroxylation is 1. The number of benzene rings is 6. The van der Waals surface area contributed by atoms with E-state index in [1.165, 1.54) is 60.3 Å². The molecule has 238 valence electrons. The van der Waals surface area contributed by atoms with Gasteiger partial charge in [-0.25, -0.2) is 4.98 Å². The maximum atomic E-state index is 6.50. The quantitative estimate of drug-likeness (QED) is 0.191. The number of para-hydroxylation sites is 2. The number of furan rings is 1. The largest absolute Gasteiger partial charge is 0.437 e. The third-order valence-corrected chi connectivity index (χ3v) is 10.9. The predicted octanol–water partition coefficient (Wildman–Crippen LogP) is 11.8. The van der Waals surface area contributed by atoms with E-state index in [9.17, 15) is 0 Å². The van der Waals surface area contributed by atoms with Crippen molar-refractivity contribution in [3.05, 3.63) is 151 Å². The zero-order valence-corrected chi connectivity index (χ0v) is 27.5. The number of hydrogen-bond donors (Lipinski definition) is 0. The Labute approximate surface area is 291 Å². The van der Waals surface area contributed by atoms with Crippen LogP contribution in [-0.4, -0.2) is 18.9 Å². The van der Waals surface area contributed by atoms with E-state index in [0.717, 1.165) is 51.5 Å². The fourth-order valence-corrected chi connectivity index (χ4v) is 8.80. The van der Waals surface area contributed by atoms with Gasteiger partial charge in [0.1, 0.15) is 5.58 Å². The lowest BCUT2D eigenvalue weighted by Gasteiger charge is -2.11. The molecule has 0 spiro atoms. The highest BCUT2D eigenvalue weighted by Gasteiger charge is 2.28. The number of rotatable bonds is 3. The summed E-state index contributed by atoms with van der Waals surface area (Å²) < 4.78 is 11.3. The fourth-order valence-electron chi connectivity index (χ4n) is 8.80. The Morgan fingerprint density at radius 2 is 1.27 bits per heavy atom. The number of aromatic nitrogens is 4. The summed E-state index contributed by atoms with van der Waals surface area (Å²) in [6.45, 7) is 0. The first-order valence-corrected chi connectivity index (χ1v) is 17.6. The van der Waals surface area contributed by atoms with Gasteiger partial charge in [-0.15, -0.1) is 0 Å². The number of fused-ring (bicyclic) bond motifs is 13. The number of nitrogens with zero attached hydrogens (tertiary/aromatic N) is 4. The maximum Gasteiger partial charge on any atom is 0.238 e. The van der Waals surface area contributed by atoms with Gasteiger partial charge in [0.15, 0.2) is 0 Å². The van der Waals surface area contributed by atoms with E-state index in [-0.39, 0.29) is 0 Å². The van der Waals surface area contributed by atoms with Crippen molar-refractivity contribution in [2.45, 2.75) is 12.8 Å². The van der Waals surface area contributed by atoms with E-state index in [1.807, 2.05) is 24.3 Å². The van der Waals surface area contributed by atoms with Crippen LogP contribution in [0.25, 0.3) is 105 Å². The zero-order valence-electron chi connectivity index (χ0n) is 27.5. The minimum Gasteiger partial charge on any atom is -0.437 e. The minimum absolute atomic E-state index is 0.587. The summed E-state index contributed by atoms with van der Waals surface area (Å²) in [5, 5.41) is 8.12. The van der Waals surface area contributed by atoms with Gasteiger partial charge in [-0.05, 0) is 48.2 Å². The Balaban J connectivity index is 1.26. The second kappa shape index (κ2) is 9.93. The van der Waals surface area contributed by atoms with Gasteiger partial charge >= 0.3 is 0 Å². The van der Waals surface area contributed by atoms with Crippen molar-refractivity contribution >= 4 is 77.1 Å². The van der Waals surface area contributed by atoms with Gasteiger partial charge in [-0.2, -0.15) is 4.98 Å². The molecule has 0 amide bonds. The van der Waals surface area contributed by atoms with Crippen molar-refractivity contribution in [3.63, 3.8) is 0 Å². The second-order valence-electron chi connectivity index (χ2n) is 13.6. The Hall–Kier alpha value is -6.72. The van der Waals surface area contributed by atoms with Gasteiger partial charge < -0.3 is 8.82 Å². The molecular weight excluding hydrogens is 625 g/mol. The van der Waals surface area contributed by atoms with Crippen LogP contribution in [0, 0.1) is 0 Å². The van der Waals surface area contributed by atoms with Crippen LogP contribution in [0.4, 0.5) is 0 Å². The molecule has 0 saturated heterocycles. The van der Waals surface area contributed by atoms with Crippen LogP contribution in [0.5, 0.6) is 0 Å². The summed E-state index contributed by atoms with van der Waals surface area (Å²) >= 11 is 0. The predicted molar refractivity (Wildman–Crippen MR) is 209 cm³/mol. The van der Waals surface area contributed by atoms with Gasteiger partial charge in [0, 0.05) is 49.1 Å². The van der Waals surface area contributed by atoms with E-state index < -0.39 is 0 Å². The topological polar surface area (TPSA) is 48.3 Å². The smallest absolute Gasteiger partial charge is 0.238 e. The molecule has 12 rings (SSSR count). The minimum atomic E-state index is 0.587. The molecule has 1 aliphatic rings. The first kappa shape index (κ1) is 27.1. The first-order valence-electron chi connectivity index (χ1n) is 17.6. The van der Waals surface area contributed by atoms with Crippen molar-refractivity contribution in [2.75, 3.05) is 0 Å². The monoisotopic (exact) mass is 652 g/mol. The lowest BCUT2D eigenvalue weighted by Crippen LogP contribution is -2.03. The molecule has 51 heavy (non-hydrogen) atoms. The van der Waals surface area contributed by atoms with Crippen molar-refractivity contribution in [2.24, 2.45) is 0 Å². The summed E-state index contributed by atoms with van der Waals surface area (Å²) in [6.07, 6.45) is 6.67. The maximum absolute atomic E-state index is 6.50. The molecule has 0 bridgehead atoms. The van der Waals surface area contributed by atoms with E-state index in [2.05, 4.69) is 130 Å². The lowest BCUT2D eigenvalue weighted by molar-refractivity contribution is 0.651. The molecule has 5 heterocycles. The van der Waals surface area contributed by atoms with Gasteiger partial charge in [0.25, 0.3) is 0 Å². The Kier molecular flexibility index (Phi) is 5.28. The Bertz CT molecular complexity index is 3240. The Morgan fingerprint density at radius 1 is 0.549 bits per heavy atom. The molecule has 11 aromatic rings. The normalized spacial score (nSPS) is 13.3. The Morgan fingerprint density at radius 3 is 2.14 bits per heavy atom. The third kappa shape index (κ3) is 3.59. The molecular formula is C46H28N4O. The fraction of sp³-hybridized carbons (Fsp3) is 0.0435. The molecule has 5 heteroatoms. The van der Waals surface area contributed by atoms with Crippen LogP contribution < -0.4 is 0 Å². The van der Waals surface area contributed by atoms with Crippen molar-refractivity contribution in [1.82, 2.24) is 18.9 Å². The number of allylic oxidation sites excluding steroid dienone is 1. The van der Waals surface area contributed by atoms with E-state index in [4.69, 9.17) is 14.4 Å². The van der Waals surface area contributed by atoms with Gasteiger partial charge in [-0.1, -0.05) is 121 Å². The van der Waals surface area contributed by atoms with Gasteiger partial charge in [0.2, 0.25) is 11.7 Å². The second-order valence-corrected chi connectivity index (χ2v) is 13.6. The van der Waals surface area contributed by atoms with E-state index in [0.29, 0.717) is 11.7 Å². The van der Waals surface area contributed by atoms with Crippen LogP contribution in [0.2, 0.25) is 0 Å². The highest BCUT2D eigenvalue weighted by atomic mass is 16.3. The van der Waals surface area contributed by atoms with Crippen molar-refractivity contribution in [3.8, 4) is 28.3 Å². The molecule has 0 saturated carbocycles. The van der Waals surface area contributed by atoms with Crippen LogP contribution in [0.15, 0.2) is 144 Å². The number of hydrogen-bond acceptors (Lipinski definition) is 3. The van der Waals surface area contributed by atoms with Crippen LogP contribution in [0.1, 0.15) is 17.7 Å². The van der Waals surface area contributed by atoms with Crippen LogP contribution in [0.3, 0.4) is 0 Å². The molecule has 1 aliphatic carbocycles. The molecule has 5 aromatic heterocycles. The third-order valence-electron chi connectivity index (χ3n) is 10.9. The molecule has 0 atom stereocenters. The molecule has 0 aliphatic heterocycles. The molecule has 0 fully saturated rings. The summed E-state index contributed by atoms with van der Waals surface area (Å²) in [4.78, 5) is 10.7. The molecule has 5 nitrogen and oxygen atoms in total. The summed E-state index contributed by atoms with van der Waals surface area (Å²) in [6, 6.07) is 47.3. The van der Waals surface area contributed by atoms with Gasteiger partial charge in [0.05, 0.1) is 33.1 Å². The molecule has 6 aromatic carbocycles. The molecule has 0 unspecified atom stereocenters. The SMILES string of the molecule is C1=Cc2c(n3c4cc(-c5ccccc5)ccc4c4cc5c6ccccc6n(-c6nc(-c7ccccc7)c7c(n6)oc6ccccc67)c5c2c43)CC1. The van der Waals surface area contributed by atoms with Crippen LogP contribution in [-0.2, 0) is 6.42 Å². The average Bonchev–Trinajstić information content (AvgIpc) is 3.93. The highest BCUT2D eigenvalue weighted by Crippen LogP contribution is 2.47. The summed E-state index contributed by atoms with van der Waals surface area (Å²) in [7, 11) is 0. The average molecular weight is 653 g/mol. The van der Waals surface area contributed by atoms with Crippen molar-refractivity contribution < 1.29 is 4.42 Å². The van der Waals surface area contributed by atoms with Crippen molar-refractivity contribution in [1.29, 1.82) is 0 Å². The standard InChI is InChI=1S/C46H28N4O/c1-3-13-27(14-4-1)29-23-24-31-35-26-34-30-17-7-10-20-36(30)50(44(34)41-32-18-8-11-21-37(32)49(43(35)41)38(31)25-29)46-47-42(28-15-5-2-6-16-28)40-33-19-9-12-22-39(33)51-45(40)48-46/h1-10,12-20,22-26H,11,21H2. The first-order chi connectivity index (χ1) is 25.3. The van der Waals surface area contributed by atoms with Gasteiger partial charge in [-0.3, -0.25) is 4.57 Å². The lowest BCUT2D eigenvalue weighted by atomic mass is 9.97. The molecule has 0 N–H and O–H groups in total.